The Hall–Kier alpha value is -0.160. The third-order valence-electron chi connectivity index (χ3n) is 4.58. The number of rotatable bonds is 6. The number of nitrogens with two attached hydrogens (primary N) is 1. The summed E-state index contributed by atoms with van der Waals surface area (Å²) >= 11 is 0. The maximum atomic E-state index is 6.16. The van der Waals surface area contributed by atoms with Crippen molar-refractivity contribution in [1.29, 1.82) is 0 Å². The quantitative estimate of drug-likeness (QED) is 0.766. The van der Waals surface area contributed by atoms with Crippen molar-refractivity contribution in [3.63, 3.8) is 0 Å². The molecule has 4 nitrogen and oxygen atoms in total. The second kappa shape index (κ2) is 6.85. The van der Waals surface area contributed by atoms with Crippen molar-refractivity contribution in [2.24, 2.45) is 5.73 Å². The molecule has 106 valence electrons. The van der Waals surface area contributed by atoms with Crippen molar-refractivity contribution in [2.75, 3.05) is 40.4 Å². The monoisotopic (exact) mass is 255 g/mol. The van der Waals surface area contributed by atoms with Crippen LogP contribution in [0.25, 0.3) is 0 Å². The van der Waals surface area contributed by atoms with Crippen LogP contribution >= 0.6 is 0 Å². The first-order valence-corrected chi connectivity index (χ1v) is 7.39. The molecule has 2 rings (SSSR count). The van der Waals surface area contributed by atoms with Crippen LogP contribution < -0.4 is 5.73 Å². The first-order valence-electron chi connectivity index (χ1n) is 7.39. The molecule has 0 aromatic carbocycles. The molecule has 2 bridgehead atoms. The predicted octanol–water partition coefficient (Wildman–Crippen LogP) is 0.909. The van der Waals surface area contributed by atoms with E-state index in [4.69, 9.17) is 10.5 Å². The standard InChI is InChI=1S/C14H29N3O/c1-16(8-9-18-2)6-7-17-13-4-3-5-14(17)11-12(15)10-13/h12-14H,3-11,15H2,1-2H3. The molecule has 2 fully saturated rings. The van der Waals surface area contributed by atoms with E-state index in [1.54, 1.807) is 7.11 Å². The first kappa shape index (κ1) is 14.3. The lowest BCUT2D eigenvalue weighted by Gasteiger charge is -2.48. The molecular weight excluding hydrogens is 226 g/mol. The lowest BCUT2D eigenvalue weighted by Crippen LogP contribution is -2.56. The Kier molecular flexibility index (Phi) is 5.42. The number of likely N-dealkylation sites (N-methyl/N-ethyl adjacent to an activating group) is 1. The average Bonchev–Trinajstić information content (AvgIpc) is 2.33. The fourth-order valence-corrected chi connectivity index (χ4v) is 3.53. The van der Waals surface area contributed by atoms with Crippen molar-refractivity contribution < 1.29 is 4.74 Å². The Balaban J connectivity index is 1.78. The van der Waals surface area contributed by atoms with Gasteiger partial charge in [0.05, 0.1) is 6.61 Å². The average molecular weight is 255 g/mol. The van der Waals surface area contributed by atoms with Gasteiger partial charge >= 0.3 is 0 Å². The molecule has 0 aromatic heterocycles. The van der Waals surface area contributed by atoms with Crippen LogP contribution in [0.15, 0.2) is 0 Å². The van der Waals surface area contributed by atoms with E-state index in [0.29, 0.717) is 6.04 Å². The number of methoxy groups -OCH3 is 1. The van der Waals surface area contributed by atoms with Gasteiger partial charge in [-0.15, -0.1) is 0 Å². The summed E-state index contributed by atoms with van der Waals surface area (Å²) in [5.41, 5.74) is 6.16. The van der Waals surface area contributed by atoms with Gasteiger partial charge in [0.1, 0.15) is 0 Å². The summed E-state index contributed by atoms with van der Waals surface area (Å²) in [6, 6.07) is 1.95. The molecule has 2 N–H and O–H groups in total. The molecule has 18 heavy (non-hydrogen) atoms. The fourth-order valence-electron chi connectivity index (χ4n) is 3.53. The Labute approximate surface area is 111 Å². The normalized spacial score (nSPS) is 33.0. The van der Waals surface area contributed by atoms with Crippen molar-refractivity contribution in [2.45, 2.75) is 50.2 Å². The van der Waals surface area contributed by atoms with Crippen LogP contribution in [-0.4, -0.2) is 68.3 Å². The van der Waals surface area contributed by atoms with Crippen molar-refractivity contribution in [3.05, 3.63) is 0 Å². The van der Waals surface area contributed by atoms with Crippen LogP contribution in [-0.2, 0) is 4.74 Å². The Morgan fingerprint density at radius 2 is 1.89 bits per heavy atom. The minimum absolute atomic E-state index is 0.447. The molecule has 0 radical (unpaired) electrons. The first-order chi connectivity index (χ1) is 8.70. The van der Waals surface area contributed by atoms with Gasteiger partial charge in [-0.05, 0) is 32.7 Å². The number of fused-ring (bicyclic) bond motifs is 2. The molecule has 0 aliphatic carbocycles. The van der Waals surface area contributed by atoms with Gasteiger partial charge in [-0.2, -0.15) is 0 Å². The van der Waals surface area contributed by atoms with Crippen molar-refractivity contribution in [3.8, 4) is 0 Å². The maximum absolute atomic E-state index is 6.16. The largest absolute Gasteiger partial charge is 0.383 e. The molecule has 2 atom stereocenters. The lowest BCUT2D eigenvalue weighted by molar-refractivity contribution is 0.0240. The third kappa shape index (κ3) is 3.67. The Morgan fingerprint density at radius 3 is 2.50 bits per heavy atom. The van der Waals surface area contributed by atoms with E-state index < -0.39 is 0 Å². The second-order valence-corrected chi connectivity index (χ2v) is 6.00. The van der Waals surface area contributed by atoms with Crippen LogP contribution in [0.1, 0.15) is 32.1 Å². The van der Waals surface area contributed by atoms with Gasteiger partial charge in [0, 0.05) is 44.9 Å². The fraction of sp³-hybridized carbons (Fsp3) is 1.00. The van der Waals surface area contributed by atoms with Crippen molar-refractivity contribution >= 4 is 0 Å². The third-order valence-corrected chi connectivity index (χ3v) is 4.58. The zero-order valence-corrected chi connectivity index (χ0v) is 12.0. The van der Waals surface area contributed by atoms with E-state index in [1.165, 1.54) is 38.6 Å². The molecule has 4 heteroatoms. The van der Waals surface area contributed by atoms with Gasteiger partial charge in [-0.25, -0.2) is 0 Å². The topological polar surface area (TPSA) is 41.7 Å². The number of nitrogens with zero attached hydrogens (tertiary/aromatic N) is 2. The van der Waals surface area contributed by atoms with Crippen LogP contribution in [0.4, 0.5) is 0 Å². The molecule has 2 saturated heterocycles. The second-order valence-electron chi connectivity index (χ2n) is 6.00. The molecule has 2 aliphatic rings. The van der Waals surface area contributed by atoms with Crippen molar-refractivity contribution in [1.82, 2.24) is 9.80 Å². The summed E-state index contributed by atoms with van der Waals surface area (Å²) in [6.45, 7) is 4.20. The number of hydrogen-bond acceptors (Lipinski definition) is 4. The highest BCUT2D eigenvalue weighted by Gasteiger charge is 2.36. The van der Waals surface area contributed by atoms with E-state index in [9.17, 15) is 0 Å². The molecule has 0 amide bonds. The van der Waals surface area contributed by atoms with E-state index in [1.807, 2.05) is 0 Å². The van der Waals surface area contributed by atoms with Gasteiger partial charge in [-0.3, -0.25) is 4.90 Å². The summed E-state index contributed by atoms with van der Waals surface area (Å²) < 4.78 is 5.12. The van der Waals surface area contributed by atoms with Crippen LogP contribution in [0.2, 0.25) is 0 Å². The van der Waals surface area contributed by atoms with Crippen LogP contribution in [0, 0.1) is 0 Å². The molecule has 0 saturated carbocycles. The number of ether oxygens (including phenoxy) is 1. The van der Waals surface area contributed by atoms with Gasteiger partial charge in [-0.1, -0.05) is 6.42 Å². The van der Waals surface area contributed by atoms with Gasteiger partial charge < -0.3 is 15.4 Å². The number of hydrogen-bond donors (Lipinski definition) is 1. The predicted molar refractivity (Wildman–Crippen MR) is 74.7 cm³/mol. The van der Waals surface area contributed by atoms with Crippen LogP contribution in [0.5, 0.6) is 0 Å². The Bertz CT molecular complexity index is 235. The molecule has 2 unspecified atom stereocenters. The Morgan fingerprint density at radius 1 is 1.22 bits per heavy atom. The van der Waals surface area contributed by atoms with E-state index in [-0.39, 0.29) is 0 Å². The summed E-state index contributed by atoms with van der Waals surface area (Å²) in [7, 11) is 3.95. The highest BCUT2D eigenvalue weighted by atomic mass is 16.5. The number of piperidine rings is 2. The molecule has 0 spiro atoms. The van der Waals surface area contributed by atoms with Gasteiger partial charge in [0.15, 0.2) is 0 Å². The molecule has 2 heterocycles. The minimum Gasteiger partial charge on any atom is -0.383 e. The zero-order valence-electron chi connectivity index (χ0n) is 12.0. The van der Waals surface area contributed by atoms with Gasteiger partial charge in [0.2, 0.25) is 0 Å². The SMILES string of the molecule is COCCN(C)CCN1C2CCCC1CC(N)C2. The van der Waals surface area contributed by atoms with E-state index in [0.717, 1.165) is 31.8 Å². The highest BCUT2D eigenvalue weighted by molar-refractivity contribution is 4.94. The van der Waals surface area contributed by atoms with Gasteiger partial charge in [0.25, 0.3) is 0 Å². The summed E-state index contributed by atoms with van der Waals surface area (Å²) in [5.74, 6) is 0. The molecule has 0 aromatic rings. The highest BCUT2D eigenvalue weighted by Crippen LogP contribution is 2.32. The minimum atomic E-state index is 0.447. The molecular formula is C14H29N3O. The zero-order chi connectivity index (χ0) is 13.0. The van der Waals surface area contributed by atoms with Crippen LogP contribution in [0.3, 0.4) is 0 Å². The van der Waals surface area contributed by atoms with E-state index in [2.05, 4.69) is 16.8 Å². The van der Waals surface area contributed by atoms with E-state index >= 15 is 0 Å². The summed E-state index contributed by atoms with van der Waals surface area (Å²) in [5, 5.41) is 0. The maximum Gasteiger partial charge on any atom is 0.0589 e. The summed E-state index contributed by atoms with van der Waals surface area (Å²) in [6.07, 6.45) is 6.52. The smallest absolute Gasteiger partial charge is 0.0589 e. The summed E-state index contributed by atoms with van der Waals surface area (Å²) in [4.78, 5) is 5.10. The molecule has 2 aliphatic heterocycles. The lowest BCUT2D eigenvalue weighted by atomic mass is 9.82.